The van der Waals surface area contributed by atoms with E-state index in [0.717, 1.165) is 22.0 Å². The highest BCUT2D eigenvalue weighted by molar-refractivity contribution is 6.17. The summed E-state index contributed by atoms with van der Waals surface area (Å²) in [7, 11) is 0. The van der Waals surface area contributed by atoms with Crippen molar-refractivity contribution in [3.63, 3.8) is 0 Å². The fourth-order valence-electron chi connectivity index (χ4n) is 1.83. The van der Waals surface area contributed by atoms with Crippen LogP contribution in [0.5, 0.6) is 0 Å². The maximum absolute atomic E-state index is 11.7. The van der Waals surface area contributed by atoms with E-state index < -0.39 is 23.6 Å². The van der Waals surface area contributed by atoms with E-state index in [4.69, 9.17) is 4.74 Å². The van der Waals surface area contributed by atoms with Crippen LogP contribution in [-0.2, 0) is 23.9 Å². The monoisotopic (exact) mass is 264 g/mol. The van der Waals surface area contributed by atoms with E-state index in [1.54, 1.807) is 13.8 Å². The van der Waals surface area contributed by atoms with Crippen LogP contribution in [0.25, 0.3) is 0 Å². The Morgan fingerprint density at radius 2 is 1.21 bits per heavy atom. The first kappa shape index (κ1) is 13.0. The van der Waals surface area contributed by atoms with Crippen LogP contribution in [-0.4, -0.2) is 46.5 Å². The number of rotatable bonds is 4. The second kappa shape index (κ2) is 4.68. The van der Waals surface area contributed by atoms with Crippen molar-refractivity contribution >= 4 is 23.6 Å². The van der Waals surface area contributed by atoms with Crippen LogP contribution < -0.4 is 0 Å². The predicted molar refractivity (Wildman–Crippen MR) is 62.0 cm³/mol. The summed E-state index contributed by atoms with van der Waals surface area (Å²) >= 11 is 0. The van der Waals surface area contributed by atoms with Gasteiger partial charge < -0.3 is 4.74 Å². The molecular weight excluding hydrogens is 252 g/mol. The minimum absolute atomic E-state index is 0.216. The summed E-state index contributed by atoms with van der Waals surface area (Å²) in [6.45, 7) is 3.73. The summed E-state index contributed by atoms with van der Waals surface area (Å²) < 4.78 is 5.10. The molecular formula is C12H12N2O5. The maximum Gasteiger partial charge on any atom is 0.296 e. The van der Waals surface area contributed by atoms with Crippen LogP contribution >= 0.6 is 0 Å². The molecule has 0 aromatic heterocycles. The van der Waals surface area contributed by atoms with Crippen molar-refractivity contribution < 1.29 is 23.9 Å². The molecule has 2 aliphatic rings. The molecule has 0 spiro atoms. The Labute approximate surface area is 109 Å². The van der Waals surface area contributed by atoms with Gasteiger partial charge in [0.05, 0.1) is 12.2 Å². The van der Waals surface area contributed by atoms with E-state index in [-0.39, 0.29) is 24.6 Å². The van der Waals surface area contributed by atoms with Gasteiger partial charge >= 0.3 is 0 Å². The minimum Gasteiger partial charge on any atom is -0.445 e. The molecule has 0 aromatic carbocycles. The third-order valence-corrected chi connectivity index (χ3v) is 2.81. The number of carbonyl (C=O) groups excluding carboxylic acids is 4. The Morgan fingerprint density at radius 1 is 0.842 bits per heavy atom. The minimum atomic E-state index is -0.608. The molecule has 0 N–H and O–H groups in total. The van der Waals surface area contributed by atoms with E-state index >= 15 is 0 Å². The number of nitrogens with zero attached hydrogens (tertiary/aromatic N) is 2. The van der Waals surface area contributed by atoms with Crippen LogP contribution in [0.15, 0.2) is 23.7 Å². The number of hydrogen-bond donors (Lipinski definition) is 0. The molecule has 19 heavy (non-hydrogen) atoms. The molecule has 0 fully saturated rings. The highest BCUT2D eigenvalue weighted by Crippen LogP contribution is 2.21. The van der Waals surface area contributed by atoms with Gasteiger partial charge in [0.2, 0.25) is 0 Å². The van der Waals surface area contributed by atoms with Crippen LogP contribution in [0.2, 0.25) is 0 Å². The number of ether oxygens (including phenoxy) is 1. The first-order valence-electron chi connectivity index (χ1n) is 5.82. The summed E-state index contributed by atoms with van der Waals surface area (Å²) in [6, 6.07) is 0. The summed E-state index contributed by atoms with van der Waals surface area (Å²) in [4.78, 5) is 48.3. The molecule has 0 aliphatic carbocycles. The summed E-state index contributed by atoms with van der Waals surface area (Å²) in [5, 5.41) is 0. The van der Waals surface area contributed by atoms with E-state index in [2.05, 4.69) is 0 Å². The zero-order valence-electron chi connectivity index (χ0n) is 10.5. The van der Waals surface area contributed by atoms with Crippen molar-refractivity contribution in [3.05, 3.63) is 23.7 Å². The van der Waals surface area contributed by atoms with Crippen molar-refractivity contribution in [3.8, 4) is 0 Å². The van der Waals surface area contributed by atoms with Gasteiger partial charge in [-0.05, 0) is 13.8 Å². The number of amides is 4. The molecule has 2 aliphatic heterocycles. The second-order valence-corrected chi connectivity index (χ2v) is 3.89. The third kappa shape index (κ3) is 2.03. The molecule has 0 aromatic rings. The van der Waals surface area contributed by atoms with Gasteiger partial charge in [-0.25, -0.2) is 0 Å². The average molecular weight is 264 g/mol. The van der Waals surface area contributed by atoms with Crippen molar-refractivity contribution in [2.24, 2.45) is 0 Å². The summed E-state index contributed by atoms with van der Waals surface area (Å²) in [6.07, 6.45) is 2.03. The second-order valence-electron chi connectivity index (χ2n) is 3.89. The fourth-order valence-corrected chi connectivity index (χ4v) is 1.83. The van der Waals surface area contributed by atoms with Gasteiger partial charge in [0.25, 0.3) is 23.6 Å². The maximum atomic E-state index is 11.7. The smallest absolute Gasteiger partial charge is 0.296 e. The van der Waals surface area contributed by atoms with E-state index in [9.17, 15) is 19.2 Å². The van der Waals surface area contributed by atoms with Crippen LogP contribution in [0.3, 0.4) is 0 Å². The predicted octanol–water partition coefficient (Wildman–Crippen LogP) is -0.452. The molecule has 7 nitrogen and oxygen atoms in total. The Kier molecular flexibility index (Phi) is 3.20. The lowest BCUT2D eigenvalue weighted by Crippen LogP contribution is -2.32. The molecule has 4 amide bonds. The lowest BCUT2D eigenvalue weighted by Gasteiger charge is -2.13. The van der Waals surface area contributed by atoms with Crippen molar-refractivity contribution in [1.29, 1.82) is 0 Å². The highest BCUT2D eigenvalue weighted by atomic mass is 16.5. The van der Waals surface area contributed by atoms with E-state index in [0.29, 0.717) is 0 Å². The molecule has 0 atom stereocenters. The molecule has 0 saturated carbocycles. The van der Waals surface area contributed by atoms with Gasteiger partial charge in [-0.15, -0.1) is 0 Å². The normalized spacial score (nSPS) is 19.3. The third-order valence-electron chi connectivity index (χ3n) is 2.81. The van der Waals surface area contributed by atoms with Gasteiger partial charge in [0.1, 0.15) is 0 Å². The van der Waals surface area contributed by atoms with Crippen LogP contribution in [0.4, 0.5) is 0 Å². The zero-order valence-corrected chi connectivity index (χ0v) is 10.5. The van der Waals surface area contributed by atoms with Crippen molar-refractivity contribution in [1.82, 2.24) is 9.80 Å². The molecule has 0 saturated heterocycles. The number of imide groups is 2. The highest BCUT2D eigenvalue weighted by Gasteiger charge is 2.37. The lowest BCUT2D eigenvalue weighted by atomic mass is 10.4. The fraction of sp³-hybridized carbons (Fsp3) is 0.333. The van der Waals surface area contributed by atoms with Gasteiger partial charge in [-0.2, -0.15) is 0 Å². The molecule has 2 heterocycles. The van der Waals surface area contributed by atoms with Crippen molar-refractivity contribution in [2.45, 2.75) is 13.8 Å². The topological polar surface area (TPSA) is 84.0 Å². The Bertz CT molecular complexity index is 498. The van der Waals surface area contributed by atoms with Crippen LogP contribution in [0.1, 0.15) is 13.8 Å². The molecule has 0 radical (unpaired) electrons. The summed E-state index contributed by atoms with van der Waals surface area (Å²) in [5.74, 6) is -2.68. The SMILES string of the molecule is CCN1C(=O)C=C(OC2=CC(=O)N(CC)C2=O)C1=O. The summed E-state index contributed by atoms with van der Waals surface area (Å²) in [5.41, 5.74) is 0. The Balaban J connectivity index is 2.16. The van der Waals surface area contributed by atoms with Crippen molar-refractivity contribution in [2.75, 3.05) is 13.1 Å². The number of carbonyl (C=O) groups is 4. The molecule has 0 unspecified atom stereocenters. The zero-order chi connectivity index (χ0) is 14.2. The standard InChI is InChI=1S/C12H12N2O5/c1-3-13-9(15)5-7(11(13)17)19-8-6-10(16)14(4-2)12(8)18/h5-6H,3-4H2,1-2H3. The number of likely N-dealkylation sites (N-methyl/N-ethyl adjacent to an activating group) is 2. The Hall–Kier alpha value is -2.44. The van der Waals surface area contributed by atoms with E-state index in [1.807, 2.05) is 0 Å². The largest absolute Gasteiger partial charge is 0.445 e. The van der Waals surface area contributed by atoms with Gasteiger partial charge in [-0.1, -0.05) is 0 Å². The Morgan fingerprint density at radius 3 is 1.47 bits per heavy atom. The molecule has 100 valence electrons. The van der Waals surface area contributed by atoms with E-state index in [1.165, 1.54) is 0 Å². The first-order valence-corrected chi connectivity index (χ1v) is 5.82. The first-order chi connectivity index (χ1) is 8.99. The average Bonchev–Trinajstić information content (AvgIpc) is 2.78. The van der Waals surface area contributed by atoms with Gasteiger partial charge in [-0.3, -0.25) is 29.0 Å². The van der Waals surface area contributed by atoms with Gasteiger partial charge in [0.15, 0.2) is 11.5 Å². The molecule has 7 heteroatoms. The van der Waals surface area contributed by atoms with Gasteiger partial charge in [0, 0.05) is 13.1 Å². The quantitative estimate of drug-likeness (QED) is 0.642. The number of hydrogen-bond acceptors (Lipinski definition) is 5. The molecule has 0 bridgehead atoms. The lowest BCUT2D eigenvalue weighted by molar-refractivity contribution is -0.138. The molecule has 2 rings (SSSR count). The van der Waals surface area contributed by atoms with Crippen LogP contribution in [0, 0.1) is 0 Å².